The molecule has 0 unspecified atom stereocenters. The lowest BCUT2D eigenvalue weighted by molar-refractivity contribution is -0.139. The highest BCUT2D eigenvalue weighted by atomic mass is 35.5. The maximum atomic E-state index is 11.4. The molecule has 0 saturated heterocycles. The van der Waals surface area contributed by atoms with E-state index in [9.17, 15) is 9.90 Å². The van der Waals surface area contributed by atoms with Crippen molar-refractivity contribution in [1.82, 2.24) is 0 Å². The number of allylic oxidation sites excluding steroid dienone is 2. The largest absolute Gasteiger partial charge is 0.481 e. The standard InChI is InChI=1S/C21H27ClO3/c1-3-5-16(4-2)15-25-19-10-12-21(13-11-19,14-20(23)24)17-6-8-18(22)9-7-17/h3-9,19H,10-15H2,1-2H3,(H,23,24)/b5-3-,16-4+. The molecule has 0 bridgehead atoms. The predicted molar refractivity (Wildman–Crippen MR) is 102 cm³/mol. The van der Waals surface area contributed by atoms with E-state index in [1.807, 2.05) is 44.2 Å². The summed E-state index contributed by atoms with van der Waals surface area (Å²) in [5.74, 6) is -0.751. The number of carboxylic acid groups (broad SMARTS) is 1. The van der Waals surface area contributed by atoms with Gasteiger partial charge in [0.1, 0.15) is 0 Å². The quantitative estimate of drug-likeness (QED) is 0.648. The van der Waals surface area contributed by atoms with E-state index in [2.05, 4.69) is 12.2 Å². The zero-order valence-electron chi connectivity index (χ0n) is 15.0. The van der Waals surface area contributed by atoms with Gasteiger partial charge < -0.3 is 9.84 Å². The second-order valence-electron chi connectivity index (χ2n) is 6.73. The Bertz CT molecular complexity index is 623. The molecule has 1 aromatic rings. The number of rotatable bonds is 7. The average molecular weight is 363 g/mol. The second kappa shape index (κ2) is 9.21. The Morgan fingerprint density at radius 2 is 1.92 bits per heavy atom. The molecule has 3 nitrogen and oxygen atoms in total. The minimum atomic E-state index is -0.751. The molecule has 1 fully saturated rings. The van der Waals surface area contributed by atoms with Crippen LogP contribution < -0.4 is 0 Å². The van der Waals surface area contributed by atoms with Crippen LogP contribution in [-0.4, -0.2) is 23.8 Å². The Hall–Kier alpha value is -1.58. The van der Waals surface area contributed by atoms with Gasteiger partial charge in [-0.3, -0.25) is 4.79 Å². The first kappa shape index (κ1) is 19.7. The molecule has 0 amide bonds. The Morgan fingerprint density at radius 1 is 1.28 bits per heavy atom. The van der Waals surface area contributed by atoms with Crippen LogP contribution in [0.25, 0.3) is 0 Å². The minimum Gasteiger partial charge on any atom is -0.481 e. The van der Waals surface area contributed by atoms with Crippen LogP contribution in [0.5, 0.6) is 0 Å². The van der Waals surface area contributed by atoms with Crippen molar-refractivity contribution in [3.05, 3.63) is 58.7 Å². The molecule has 0 aromatic heterocycles. The molecule has 0 radical (unpaired) electrons. The van der Waals surface area contributed by atoms with Crippen molar-refractivity contribution in [3.63, 3.8) is 0 Å². The Labute approximate surface area is 155 Å². The summed E-state index contributed by atoms with van der Waals surface area (Å²) in [6, 6.07) is 7.63. The number of ether oxygens (including phenoxy) is 1. The molecule has 2 rings (SSSR count). The highest BCUT2D eigenvalue weighted by Gasteiger charge is 2.39. The van der Waals surface area contributed by atoms with Crippen LogP contribution in [0.3, 0.4) is 0 Å². The van der Waals surface area contributed by atoms with E-state index in [0.29, 0.717) is 11.6 Å². The number of carbonyl (C=O) groups is 1. The molecule has 1 aliphatic rings. The summed E-state index contributed by atoms with van der Waals surface area (Å²) in [4.78, 5) is 11.4. The molecule has 1 aliphatic carbocycles. The topological polar surface area (TPSA) is 46.5 Å². The van der Waals surface area contributed by atoms with Gasteiger partial charge in [-0.2, -0.15) is 0 Å². The van der Waals surface area contributed by atoms with Crippen LogP contribution in [0.15, 0.2) is 48.1 Å². The van der Waals surface area contributed by atoms with Crippen LogP contribution in [0.1, 0.15) is 51.5 Å². The SMILES string of the molecule is C/C=C\C(=C/C)COC1CCC(CC(=O)O)(c2ccc(Cl)cc2)CC1. The number of halogens is 1. The lowest BCUT2D eigenvalue weighted by Crippen LogP contribution is -2.36. The van der Waals surface area contributed by atoms with Crippen LogP contribution in [0.4, 0.5) is 0 Å². The summed E-state index contributed by atoms with van der Waals surface area (Å²) < 4.78 is 6.05. The average Bonchev–Trinajstić information content (AvgIpc) is 2.60. The molecular weight excluding hydrogens is 336 g/mol. The number of aliphatic carboxylic acids is 1. The molecule has 0 heterocycles. The van der Waals surface area contributed by atoms with Crippen LogP contribution >= 0.6 is 11.6 Å². The Morgan fingerprint density at radius 3 is 2.44 bits per heavy atom. The normalized spacial score (nSPS) is 24.6. The van der Waals surface area contributed by atoms with Gasteiger partial charge in [-0.05, 0) is 62.8 Å². The van der Waals surface area contributed by atoms with Crippen molar-refractivity contribution in [2.24, 2.45) is 0 Å². The van der Waals surface area contributed by atoms with Crippen molar-refractivity contribution < 1.29 is 14.6 Å². The lowest BCUT2D eigenvalue weighted by atomic mass is 9.67. The first-order chi connectivity index (χ1) is 12.0. The summed E-state index contributed by atoms with van der Waals surface area (Å²) in [6.07, 6.45) is 9.87. The van der Waals surface area contributed by atoms with Gasteiger partial charge in [0.05, 0.1) is 19.1 Å². The minimum absolute atomic E-state index is 0.153. The van der Waals surface area contributed by atoms with E-state index >= 15 is 0 Å². The molecule has 0 atom stereocenters. The zero-order valence-corrected chi connectivity index (χ0v) is 15.8. The summed E-state index contributed by atoms with van der Waals surface area (Å²) in [6.45, 7) is 4.62. The number of hydrogen-bond acceptors (Lipinski definition) is 2. The molecule has 4 heteroatoms. The van der Waals surface area contributed by atoms with Crippen LogP contribution in [-0.2, 0) is 14.9 Å². The highest BCUT2D eigenvalue weighted by Crippen LogP contribution is 2.43. The van der Waals surface area contributed by atoms with Crippen molar-refractivity contribution >= 4 is 17.6 Å². The van der Waals surface area contributed by atoms with Crippen LogP contribution in [0, 0.1) is 0 Å². The van der Waals surface area contributed by atoms with Gasteiger partial charge in [0.15, 0.2) is 0 Å². The summed E-state index contributed by atoms with van der Waals surface area (Å²) in [5, 5.41) is 10.1. The molecule has 1 saturated carbocycles. The fourth-order valence-corrected chi connectivity index (χ4v) is 3.75. The fourth-order valence-electron chi connectivity index (χ4n) is 3.63. The second-order valence-corrected chi connectivity index (χ2v) is 7.17. The van der Waals surface area contributed by atoms with Crippen molar-refractivity contribution in [2.45, 2.75) is 57.5 Å². The highest BCUT2D eigenvalue weighted by molar-refractivity contribution is 6.30. The predicted octanol–water partition coefficient (Wildman–Crippen LogP) is 5.53. The third-order valence-corrected chi connectivity index (χ3v) is 5.33. The first-order valence-corrected chi connectivity index (χ1v) is 9.24. The Kier molecular flexibility index (Phi) is 7.27. The van der Waals surface area contributed by atoms with Crippen molar-refractivity contribution in [3.8, 4) is 0 Å². The maximum Gasteiger partial charge on any atom is 0.304 e. The van der Waals surface area contributed by atoms with E-state index in [0.717, 1.165) is 31.2 Å². The third-order valence-electron chi connectivity index (χ3n) is 5.07. The van der Waals surface area contributed by atoms with E-state index < -0.39 is 5.97 Å². The van der Waals surface area contributed by atoms with E-state index in [1.54, 1.807) is 0 Å². The fraction of sp³-hybridized carbons (Fsp3) is 0.476. The zero-order chi connectivity index (χ0) is 18.3. The smallest absolute Gasteiger partial charge is 0.304 e. The van der Waals surface area contributed by atoms with E-state index in [4.69, 9.17) is 16.3 Å². The first-order valence-electron chi connectivity index (χ1n) is 8.86. The molecule has 0 aliphatic heterocycles. The maximum absolute atomic E-state index is 11.4. The molecule has 0 spiro atoms. The number of hydrogen-bond donors (Lipinski definition) is 1. The summed E-state index contributed by atoms with van der Waals surface area (Å²) in [7, 11) is 0. The van der Waals surface area contributed by atoms with Crippen molar-refractivity contribution in [1.29, 1.82) is 0 Å². The van der Waals surface area contributed by atoms with E-state index in [1.165, 1.54) is 5.57 Å². The lowest BCUT2D eigenvalue weighted by Gasteiger charge is -2.39. The molecule has 136 valence electrons. The Balaban J connectivity index is 2.04. The van der Waals surface area contributed by atoms with Gasteiger partial charge in [0.25, 0.3) is 0 Å². The van der Waals surface area contributed by atoms with Gasteiger partial charge in [0.2, 0.25) is 0 Å². The number of benzene rings is 1. The number of carboxylic acids is 1. The van der Waals surface area contributed by atoms with Gasteiger partial charge >= 0.3 is 5.97 Å². The molecule has 25 heavy (non-hydrogen) atoms. The van der Waals surface area contributed by atoms with Gasteiger partial charge in [0, 0.05) is 10.4 Å². The van der Waals surface area contributed by atoms with Crippen molar-refractivity contribution in [2.75, 3.05) is 6.61 Å². The summed E-state index contributed by atoms with van der Waals surface area (Å²) in [5.41, 5.74) is 1.92. The summed E-state index contributed by atoms with van der Waals surface area (Å²) >= 11 is 5.99. The monoisotopic (exact) mass is 362 g/mol. The van der Waals surface area contributed by atoms with Gasteiger partial charge in [-0.15, -0.1) is 0 Å². The molecule has 1 N–H and O–H groups in total. The molecule has 1 aromatic carbocycles. The van der Waals surface area contributed by atoms with Gasteiger partial charge in [-0.25, -0.2) is 0 Å². The van der Waals surface area contributed by atoms with E-state index in [-0.39, 0.29) is 17.9 Å². The van der Waals surface area contributed by atoms with Crippen LogP contribution in [0.2, 0.25) is 5.02 Å². The third kappa shape index (κ3) is 5.45. The molecular formula is C21H27ClO3. The van der Waals surface area contributed by atoms with Gasteiger partial charge in [-0.1, -0.05) is 42.0 Å².